The maximum absolute atomic E-state index is 12.5. The molecule has 20 heavy (non-hydrogen) atoms. The molecule has 2 rings (SSSR count). The van der Waals surface area contributed by atoms with Gasteiger partial charge in [-0.15, -0.1) is 0 Å². The highest BCUT2D eigenvalue weighted by Crippen LogP contribution is 2.46. The highest BCUT2D eigenvalue weighted by molar-refractivity contribution is 7.86. The van der Waals surface area contributed by atoms with Crippen LogP contribution < -0.4 is 5.32 Å². The van der Waals surface area contributed by atoms with Crippen LogP contribution in [0.5, 0.6) is 0 Å². The number of hydrogen-bond acceptors (Lipinski definition) is 3. The van der Waals surface area contributed by atoms with Crippen molar-refractivity contribution in [1.82, 2.24) is 13.9 Å². The number of hydrogen-bond donors (Lipinski definition) is 1. The molecule has 1 spiro atoms. The van der Waals surface area contributed by atoms with E-state index in [4.69, 9.17) is 0 Å². The molecule has 1 heterocycles. The lowest BCUT2D eigenvalue weighted by molar-refractivity contribution is 0.155. The summed E-state index contributed by atoms with van der Waals surface area (Å²) in [5.74, 6) is 0. The van der Waals surface area contributed by atoms with Crippen LogP contribution in [-0.2, 0) is 10.2 Å². The maximum Gasteiger partial charge on any atom is 0.281 e. The molecule has 0 unspecified atom stereocenters. The van der Waals surface area contributed by atoms with Gasteiger partial charge in [0.1, 0.15) is 0 Å². The van der Waals surface area contributed by atoms with Crippen molar-refractivity contribution in [2.45, 2.75) is 44.9 Å². The van der Waals surface area contributed by atoms with Crippen LogP contribution in [0.2, 0.25) is 0 Å². The predicted octanol–water partition coefficient (Wildman–Crippen LogP) is 1.43. The van der Waals surface area contributed by atoms with Crippen LogP contribution in [0.4, 0.5) is 0 Å². The third-order valence-corrected chi connectivity index (χ3v) is 7.06. The van der Waals surface area contributed by atoms with Crippen molar-refractivity contribution >= 4 is 10.2 Å². The Hall–Kier alpha value is -0.170. The van der Waals surface area contributed by atoms with Gasteiger partial charge < -0.3 is 5.32 Å². The van der Waals surface area contributed by atoms with Crippen LogP contribution in [0.25, 0.3) is 0 Å². The second-order valence-corrected chi connectivity index (χ2v) is 8.43. The van der Waals surface area contributed by atoms with Gasteiger partial charge in [0.2, 0.25) is 0 Å². The Morgan fingerprint density at radius 3 is 2.30 bits per heavy atom. The molecule has 1 saturated carbocycles. The van der Waals surface area contributed by atoms with E-state index >= 15 is 0 Å². The van der Waals surface area contributed by atoms with E-state index in [1.165, 1.54) is 30.0 Å². The Balaban J connectivity index is 1.87. The smallest absolute Gasteiger partial charge is 0.281 e. The third kappa shape index (κ3) is 3.53. The summed E-state index contributed by atoms with van der Waals surface area (Å²) in [4.78, 5) is 0. The minimum atomic E-state index is -3.25. The van der Waals surface area contributed by atoms with Crippen LogP contribution >= 0.6 is 0 Å². The predicted molar refractivity (Wildman–Crippen MR) is 81.8 cm³/mol. The molecule has 0 aromatic carbocycles. The molecule has 0 aromatic rings. The zero-order chi connectivity index (χ0) is 14.6. The fraction of sp³-hybridized carbons (Fsp3) is 1.00. The average molecular weight is 303 g/mol. The first-order valence-electron chi connectivity index (χ1n) is 7.86. The van der Waals surface area contributed by atoms with Crippen molar-refractivity contribution < 1.29 is 8.42 Å². The lowest BCUT2D eigenvalue weighted by atomic mass is 9.78. The van der Waals surface area contributed by atoms with Gasteiger partial charge in [-0.05, 0) is 51.1 Å². The minimum Gasteiger partial charge on any atom is -0.320 e. The van der Waals surface area contributed by atoms with Crippen LogP contribution in [-0.4, -0.2) is 57.3 Å². The van der Waals surface area contributed by atoms with Crippen LogP contribution in [0.15, 0.2) is 0 Å². The zero-order valence-electron chi connectivity index (χ0n) is 12.9. The molecule has 1 aliphatic carbocycles. The molecule has 1 N–H and O–H groups in total. The van der Waals surface area contributed by atoms with Crippen molar-refractivity contribution in [2.75, 3.05) is 40.3 Å². The number of rotatable bonds is 6. The monoisotopic (exact) mass is 303 g/mol. The highest BCUT2D eigenvalue weighted by Gasteiger charge is 2.40. The second-order valence-electron chi connectivity index (χ2n) is 6.39. The van der Waals surface area contributed by atoms with E-state index in [1.807, 2.05) is 7.05 Å². The molecule has 0 bridgehead atoms. The lowest BCUT2D eigenvalue weighted by Gasteiger charge is -2.39. The van der Waals surface area contributed by atoms with E-state index < -0.39 is 10.2 Å². The van der Waals surface area contributed by atoms with Gasteiger partial charge in [-0.1, -0.05) is 12.8 Å². The van der Waals surface area contributed by atoms with Crippen molar-refractivity contribution in [1.29, 1.82) is 0 Å². The molecule has 5 nitrogen and oxygen atoms in total. The summed E-state index contributed by atoms with van der Waals surface area (Å²) in [6.07, 6.45) is 8.22. The molecule has 1 saturated heterocycles. The Morgan fingerprint density at radius 2 is 1.75 bits per heavy atom. The number of nitrogens with one attached hydrogen (secondary N) is 1. The van der Waals surface area contributed by atoms with E-state index in [1.54, 1.807) is 11.4 Å². The Bertz CT molecular complexity index is 395. The summed E-state index contributed by atoms with van der Waals surface area (Å²) < 4.78 is 28.2. The Kier molecular flexibility index (Phi) is 5.45. The first-order valence-corrected chi connectivity index (χ1v) is 9.26. The Morgan fingerprint density at radius 1 is 1.15 bits per heavy atom. The fourth-order valence-electron chi connectivity index (χ4n) is 3.61. The molecular weight excluding hydrogens is 274 g/mol. The molecule has 118 valence electrons. The van der Waals surface area contributed by atoms with Crippen LogP contribution in [0.1, 0.15) is 44.9 Å². The van der Waals surface area contributed by atoms with Crippen LogP contribution in [0, 0.1) is 5.41 Å². The fourth-order valence-corrected chi connectivity index (χ4v) is 5.01. The molecule has 0 atom stereocenters. The Labute approximate surface area is 123 Å². The normalized spacial score (nSPS) is 23.8. The molecule has 6 heteroatoms. The van der Waals surface area contributed by atoms with E-state index in [0.29, 0.717) is 25.0 Å². The van der Waals surface area contributed by atoms with Gasteiger partial charge in [-0.25, -0.2) is 0 Å². The highest BCUT2D eigenvalue weighted by atomic mass is 32.2. The van der Waals surface area contributed by atoms with Gasteiger partial charge in [0.05, 0.1) is 0 Å². The van der Waals surface area contributed by atoms with E-state index in [0.717, 1.165) is 25.8 Å². The standard InChI is InChI=1S/C14H29N3O2S/c1-15-10-5-11-16(2)20(18,19)17-12-8-14(9-13-17)6-3-4-7-14/h15H,3-13H2,1-2H3. The third-order valence-electron chi connectivity index (χ3n) is 5.07. The lowest BCUT2D eigenvalue weighted by Crippen LogP contribution is -2.48. The van der Waals surface area contributed by atoms with E-state index in [-0.39, 0.29) is 0 Å². The molecular formula is C14H29N3O2S. The van der Waals surface area contributed by atoms with Crippen LogP contribution in [0.3, 0.4) is 0 Å². The van der Waals surface area contributed by atoms with E-state index in [2.05, 4.69) is 5.32 Å². The van der Waals surface area contributed by atoms with Gasteiger partial charge in [0, 0.05) is 26.7 Å². The summed E-state index contributed by atoms with van der Waals surface area (Å²) in [5, 5.41) is 3.05. The SMILES string of the molecule is CNCCCN(C)S(=O)(=O)N1CCC2(CCCC2)CC1. The van der Waals surface area contributed by atoms with E-state index in [9.17, 15) is 8.42 Å². The topological polar surface area (TPSA) is 52.7 Å². The van der Waals surface area contributed by atoms with Gasteiger partial charge in [0.25, 0.3) is 10.2 Å². The van der Waals surface area contributed by atoms with Crippen molar-refractivity contribution in [2.24, 2.45) is 5.41 Å². The van der Waals surface area contributed by atoms with Gasteiger partial charge in [0.15, 0.2) is 0 Å². The molecule has 1 aliphatic heterocycles. The quantitative estimate of drug-likeness (QED) is 0.755. The van der Waals surface area contributed by atoms with Gasteiger partial charge in [-0.3, -0.25) is 0 Å². The second kappa shape index (κ2) is 6.73. The number of piperidine rings is 1. The first kappa shape index (κ1) is 16.2. The van der Waals surface area contributed by atoms with Gasteiger partial charge >= 0.3 is 0 Å². The molecule has 2 aliphatic rings. The zero-order valence-corrected chi connectivity index (χ0v) is 13.7. The summed E-state index contributed by atoms with van der Waals surface area (Å²) in [6.45, 7) is 2.85. The van der Waals surface area contributed by atoms with Crippen molar-refractivity contribution in [3.63, 3.8) is 0 Å². The summed E-state index contributed by atoms with van der Waals surface area (Å²) >= 11 is 0. The maximum atomic E-state index is 12.5. The molecule has 2 fully saturated rings. The van der Waals surface area contributed by atoms with Crippen molar-refractivity contribution in [3.8, 4) is 0 Å². The molecule has 0 aromatic heterocycles. The average Bonchev–Trinajstić information content (AvgIpc) is 2.87. The summed E-state index contributed by atoms with van der Waals surface area (Å²) in [5.41, 5.74) is 0.469. The first-order chi connectivity index (χ1) is 9.50. The molecule has 0 amide bonds. The number of nitrogens with zero attached hydrogens (tertiary/aromatic N) is 2. The largest absolute Gasteiger partial charge is 0.320 e. The van der Waals surface area contributed by atoms with Crippen molar-refractivity contribution in [3.05, 3.63) is 0 Å². The molecule has 0 radical (unpaired) electrons. The minimum absolute atomic E-state index is 0.469. The summed E-state index contributed by atoms with van der Waals surface area (Å²) in [7, 11) is 0.339. The van der Waals surface area contributed by atoms with Gasteiger partial charge in [-0.2, -0.15) is 17.0 Å². The summed E-state index contributed by atoms with van der Waals surface area (Å²) in [6, 6.07) is 0.